The summed E-state index contributed by atoms with van der Waals surface area (Å²) in [6.07, 6.45) is 5.35. The van der Waals surface area contributed by atoms with Crippen molar-refractivity contribution in [1.82, 2.24) is 20.1 Å². The van der Waals surface area contributed by atoms with Crippen molar-refractivity contribution < 1.29 is 9.59 Å². The SMILES string of the molecule is C=CC[C@@H](C(N)=O)[C@@H](CC(C)C)C(=O)N[C@H]1CCCCn2c(-c3ccc(Br)cc3)nnc21. The molecular weight excluding hydrogens is 470 g/mol. The second kappa shape index (κ2) is 10.9. The van der Waals surface area contributed by atoms with Crippen LogP contribution in [-0.2, 0) is 16.1 Å². The first-order chi connectivity index (χ1) is 15.3. The zero-order chi connectivity index (χ0) is 23.3. The Bertz CT molecular complexity index is 954. The summed E-state index contributed by atoms with van der Waals surface area (Å²) >= 11 is 3.47. The predicted molar refractivity (Wildman–Crippen MR) is 128 cm³/mol. The Morgan fingerprint density at radius 3 is 2.59 bits per heavy atom. The van der Waals surface area contributed by atoms with Crippen LogP contribution in [0.2, 0.25) is 0 Å². The fourth-order valence-corrected chi connectivity index (χ4v) is 4.65. The number of benzene rings is 1. The van der Waals surface area contributed by atoms with E-state index in [2.05, 4.69) is 42.6 Å². The van der Waals surface area contributed by atoms with Gasteiger partial charge in [0.1, 0.15) is 0 Å². The molecule has 2 heterocycles. The Labute approximate surface area is 198 Å². The van der Waals surface area contributed by atoms with E-state index in [9.17, 15) is 9.59 Å². The second-order valence-corrected chi connectivity index (χ2v) is 9.78. The van der Waals surface area contributed by atoms with Gasteiger partial charge in [-0.05, 0) is 50.2 Å². The molecule has 0 radical (unpaired) electrons. The molecule has 1 aromatic carbocycles. The monoisotopic (exact) mass is 501 g/mol. The molecule has 3 rings (SSSR count). The van der Waals surface area contributed by atoms with E-state index in [0.29, 0.717) is 12.8 Å². The first kappa shape index (κ1) is 24.2. The highest BCUT2D eigenvalue weighted by atomic mass is 79.9. The lowest BCUT2D eigenvalue weighted by molar-refractivity contribution is -0.134. The van der Waals surface area contributed by atoms with E-state index in [0.717, 1.165) is 47.5 Å². The fourth-order valence-electron chi connectivity index (χ4n) is 4.39. The average Bonchev–Trinajstić information content (AvgIpc) is 3.06. The van der Waals surface area contributed by atoms with Crippen molar-refractivity contribution in [3.8, 4) is 11.4 Å². The van der Waals surface area contributed by atoms with E-state index in [1.54, 1.807) is 6.08 Å². The summed E-state index contributed by atoms with van der Waals surface area (Å²) in [6, 6.07) is 7.71. The molecule has 0 saturated heterocycles. The van der Waals surface area contributed by atoms with Gasteiger partial charge in [0.25, 0.3) is 0 Å². The number of nitrogens with one attached hydrogen (secondary N) is 1. The van der Waals surface area contributed by atoms with Gasteiger partial charge in [-0.15, -0.1) is 16.8 Å². The number of fused-ring (bicyclic) bond motifs is 1. The number of hydrogen-bond donors (Lipinski definition) is 2. The van der Waals surface area contributed by atoms with Gasteiger partial charge in [0, 0.05) is 16.6 Å². The summed E-state index contributed by atoms with van der Waals surface area (Å²) in [6.45, 7) is 8.62. The quantitative estimate of drug-likeness (QED) is 0.497. The molecule has 3 atom stereocenters. The second-order valence-electron chi connectivity index (χ2n) is 8.87. The molecule has 2 aromatic rings. The first-order valence-electron chi connectivity index (χ1n) is 11.2. The van der Waals surface area contributed by atoms with Crippen LogP contribution in [0.3, 0.4) is 0 Å². The number of rotatable bonds is 9. The smallest absolute Gasteiger partial charge is 0.224 e. The van der Waals surface area contributed by atoms with Crippen molar-refractivity contribution >= 4 is 27.7 Å². The van der Waals surface area contributed by atoms with Crippen molar-refractivity contribution in [2.24, 2.45) is 23.5 Å². The number of nitrogens with zero attached hydrogens (tertiary/aromatic N) is 3. The maximum atomic E-state index is 13.4. The van der Waals surface area contributed by atoms with Gasteiger partial charge >= 0.3 is 0 Å². The number of primary amides is 1. The van der Waals surface area contributed by atoms with E-state index >= 15 is 0 Å². The Balaban J connectivity index is 1.88. The van der Waals surface area contributed by atoms with Gasteiger partial charge in [-0.3, -0.25) is 9.59 Å². The van der Waals surface area contributed by atoms with Crippen LogP contribution in [0.1, 0.15) is 57.8 Å². The summed E-state index contributed by atoms with van der Waals surface area (Å²) < 4.78 is 3.11. The number of carbonyl (C=O) groups is 2. The van der Waals surface area contributed by atoms with Crippen molar-refractivity contribution in [1.29, 1.82) is 0 Å². The maximum absolute atomic E-state index is 13.4. The van der Waals surface area contributed by atoms with Crippen molar-refractivity contribution in [2.45, 2.75) is 58.5 Å². The van der Waals surface area contributed by atoms with Gasteiger partial charge in [0.05, 0.1) is 17.9 Å². The Morgan fingerprint density at radius 2 is 1.97 bits per heavy atom. The first-order valence-corrected chi connectivity index (χ1v) is 12.0. The van der Waals surface area contributed by atoms with Crippen LogP contribution in [-0.4, -0.2) is 26.6 Å². The minimum Gasteiger partial charge on any atom is -0.369 e. The molecule has 0 bridgehead atoms. The third-order valence-electron chi connectivity index (χ3n) is 5.97. The molecule has 7 nitrogen and oxygen atoms in total. The van der Waals surface area contributed by atoms with Crippen LogP contribution >= 0.6 is 15.9 Å². The minimum absolute atomic E-state index is 0.156. The van der Waals surface area contributed by atoms with E-state index < -0.39 is 17.7 Å². The molecular formula is C24H32BrN5O2. The molecule has 0 spiro atoms. The van der Waals surface area contributed by atoms with Gasteiger partial charge in [-0.1, -0.05) is 48.0 Å². The summed E-state index contributed by atoms with van der Waals surface area (Å²) in [5, 5.41) is 12.1. The van der Waals surface area contributed by atoms with Gasteiger partial charge < -0.3 is 15.6 Å². The van der Waals surface area contributed by atoms with Crippen LogP contribution in [0.4, 0.5) is 0 Å². The van der Waals surface area contributed by atoms with E-state index in [-0.39, 0.29) is 17.9 Å². The molecule has 2 amide bonds. The van der Waals surface area contributed by atoms with Crippen LogP contribution in [0.5, 0.6) is 0 Å². The largest absolute Gasteiger partial charge is 0.369 e. The summed E-state index contributed by atoms with van der Waals surface area (Å²) in [5.41, 5.74) is 6.64. The lowest BCUT2D eigenvalue weighted by Gasteiger charge is -2.27. The van der Waals surface area contributed by atoms with Gasteiger partial charge in [-0.2, -0.15) is 0 Å². The molecule has 32 heavy (non-hydrogen) atoms. The van der Waals surface area contributed by atoms with Gasteiger partial charge in [-0.25, -0.2) is 0 Å². The zero-order valence-corrected chi connectivity index (χ0v) is 20.3. The third-order valence-corrected chi connectivity index (χ3v) is 6.50. The molecule has 1 aliphatic rings. The molecule has 3 N–H and O–H groups in total. The third kappa shape index (κ3) is 5.65. The molecule has 8 heteroatoms. The normalized spacial score (nSPS) is 17.8. The molecule has 0 unspecified atom stereocenters. The van der Waals surface area contributed by atoms with Crippen molar-refractivity contribution in [3.05, 3.63) is 47.2 Å². The number of hydrogen-bond acceptors (Lipinski definition) is 4. The van der Waals surface area contributed by atoms with Crippen molar-refractivity contribution in [2.75, 3.05) is 0 Å². The Kier molecular flexibility index (Phi) is 8.23. The summed E-state index contributed by atoms with van der Waals surface area (Å²) in [5.74, 6) is 0.112. The lowest BCUT2D eigenvalue weighted by Crippen LogP contribution is -2.42. The standard InChI is InChI=1S/C24H32BrN5O2/c1-4-7-18(21(26)31)19(14-15(2)3)24(32)27-20-8-5-6-13-30-22(28-29-23(20)30)16-9-11-17(25)12-10-16/h4,9-12,15,18-20H,1,5-8,13-14H2,2-3H3,(H2,26,31)(H,27,32)/t18-,19-,20+/m1/s1. The minimum atomic E-state index is -0.572. The fraction of sp³-hybridized carbons (Fsp3) is 0.500. The van der Waals surface area contributed by atoms with E-state index in [1.807, 2.05) is 38.1 Å². The van der Waals surface area contributed by atoms with Gasteiger partial charge in [0.2, 0.25) is 11.8 Å². The summed E-state index contributed by atoms with van der Waals surface area (Å²) in [7, 11) is 0. The lowest BCUT2D eigenvalue weighted by atomic mass is 9.82. The zero-order valence-electron chi connectivity index (χ0n) is 18.8. The highest BCUT2D eigenvalue weighted by molar-refractivity contribution is 9.10. The summed E-state index contributed by atoms with van der Waals surface area (Å²) in [4.78, 5) is 25.5. The number of nitrogens with two attached hydrogens (primary N) is 1. The highest BCUT2D eigenvalue weighted by Gasteiger charge is 2.34. The molecule has 0 saturated carbocycles. The van der Waals surface area contributed by atoms with Crippen LogP contribution in [0, 0.1) is 17.8 Å². The highest BCUT2D eigenvalue weighted by Crippen LogP contribution is 2.30. The Morgan fingerprint density at radius 1 is 1.25 bits per heavy atom. The maximum Gasteiger partial charge on any atom is 0.224 e. The predicted octanol–water partition coefficient (Wildman–Crippen LogP) is 4.39. The van der Waals surface area contributed by atoms with E-state index in [1.165, 1.54) is 0 Å². The number of amides is 2. The topological polar surface area (TPSA) is 103 Å². The molecule has 1 aliphatic heterocycles. The van der Waals surface area contributed by atoms with Crippen LogP contribution in [0.15, 0.2) is 41.4 Å². The number of halogens is 1. The van der Waals surface area contributed by atoms with Crippen LogP contribution < -0.4 is 11.1 Å². The Hall–Kier alpha value is -2.48. The van der Waals surface area contributed by atoms with E-state index in [4.69, 9.17) is 5.73 Å². The number of allylic oxidation sites excluding steroid dienone is 1. The average molecular weight is 502 g/mol. The molecule has 0 fully saturated rings. The molecule has 172 valence electrons. The number of aromatic nitrogens is 3. The van der Waals surface area contributed by atoms with Gasteiger partial charge in [0.15, 0.2) is 11.6 Å². The molecule has 1 aromatic heterocycles. The van der Waals surface area contributed by atoms with Crippen molar-refractivity contribution in [3.63, 3.8) is 0 Å². The molecule has 0 aliphatic carbocycles. The van der Waals surface area contributed by atoms with Crippen LogP contribution in [0.25, 0.3) is 11.4 Å². The number of carbonyl (C=O) groups excluding carboxylic acids is 2.